The van der Waals surface area contributed by atoms with E-state index in [0.29, 0.717) is 24.1 Å². The standard InChI is InChI=1S/C17H23ClN4O2/c1-4-13-9-15(24-22-13)11-21-17(19-2)20-8-7-12-5-6-14(23-3)10-16(12)18/h5-6,9-10H,4,7-8,11H2,1-3H3,(H2,19,20,21). The highest BCUT2D eigenvalue weighted by Gasteiger charge is 2.05. The van der Waals surface area contributed by atoms with Crippen LogP contribution in [0.3, 0.4) is 0 Å². The van der Waals surface area contributed by atoms with Gasteiger partial charge in [-0.25, -0.2) is 0 Å². The van der Waals surface area contributed by atoms with Crippen LogP contribution in [-0.4, -0.2) is 31.8 Å². The van der Waals surface area contributed by atoms with Crippen molar-refractivity contribution in [2.75, 3.05) is 20.7 Å². The van der Waals surface area contributed by atoms with Crippen LogP contribution in [-0.2, 0) is 19.4 Å². The largest absolute Gasteiger partial charge is 0.497 e. The van der Waals surface area contributed by atoms with Crippen molar-refractivity contribution in [3.63, 3.8) is 0 Å². The van der Waals surface area contributed by atoms with Gasteiger partial charge in [-0.2, -0.15) is 0 Å². The second kappa shape index (κ2) is 9.17. The van der Waals surface area contributed by atoms with Gasteiger partial charge in [0.15, 0.2) is 11.7 Å². The summed E-state index contributed by atoms with van der Waals surface area (Å²) in [5.41, 5.74) is 2.01. The number of aliphatic imine (C=N–C) groups is 1. The van der Waals surface area contributed by atoms with E-state index in [2.05, 4.69) is 20.8 Å². The summed E-state index contributed by atoms with van der Waals surface area (Å²) in [4.78, 5) is 4.19. The molecule has 6 nitrogen and oxygen atoms in total. The maximum absolute atomic E-state index is 6.24. The third-order valence-corrected chi connectivity index (χ3v) is 3.92. The Labute approximate surface area is 147 Å². The van der Waals surface area contributed by atoms with Gasteiger partial charge in [-0.3, -0.25) is 4.99 Å². The van der Waals surface area contributed by atoms with E-state index in [0.717, 1.165) is 35.6 Å². The molecule has 2 N–H and O–H groups in total. The van der Waals surface area contributed by atoms with E-state index < -0.39 is 0 Å². The first-order valence-corrected chi connectivity index (χ1v) is 8.25. The van der Waals surface area contributed by atoms with Crippen LogP contribution in [0.4, 0.5) is 0 Å². The number of aryl methyl sites for hydroxylation is 1. The van der Waals surface area contributed by atoms with Crippen molar-refractivity contribution in [3.8, 4) is 5.75 Å². The lowest BCUT2D eigenvalue weighted by molar-refractivity contribution is 0.374. The van der Waals surface area contributed by atoms with Gasteiger partial charge >= 0.3 is 0 Å². The van der Waals surface area contributed by atoms with Crippen LogP contribution >= 0.6 is 11.6 Å². The van der Waals surface area contributed by atoms with Crippen molar-refractivity contribution < 1.29 is 9.26 Å². The van der Waals surface area contributed by atoms with Gasteiger partial charge < -0.3 is 19.9 Å². The molecule has 2 aromatic rings. The van der Waals surface area contributed by atoms with Crippen LogP contribution in [0.15, 0.2) is 33.8 Å². The van der Waals surface area contributed by atoms with Crippen LogP contribution in [0.5, 0.6) is 5.75 Å². The number of hydrogen-bond donors (Lipinski definition) is 2. The number of methoxy groups -OCH3 is 1. The Hall–Kier alpha value is -2.21. The fourth-order valence-electron chi connectivity index (χ4n) is 2.17. The molecule has 0 unspecified atom stereocenters. The Morgan fingerprint density at radius 1 is 1.33 bits per heavy atom. The summed E-state index contributed by atoms with van der Waals surface area (Å²) < 4.78 is 10.4. The van der Waals surface area contributed by atoms with Gasteiger partial charge in [0.25, 0.3) is 0 Å². The number of hydrogen-bond acceptors (Lipinski definition) is 4. The molecule has 0 spiro atoms. The Bertz CT molecular complexity index is 685. The van der Waals surface area contributed by atoms with E-state index in [-0.39, 0.29) is 0 Å². The van der Waals surface area contributed by atoms with Crippen molar-refractivity contribution >= 4 is 17.6 Å². The predicted octanol–water partition coefficient (Wildman–Crippen LogP) is 2.81. The second-order valence-corrected chi connectivity index (χ2v) is 5.61. The highest BCUT2D eigenvalue weighted by molar-refractivity contribution is 6.31. The molecule has 2 rings (SSSR count). The minimum atomic E-state index is 0.538. The molecular formula is C17H23ClN4O2. The van der Waals surface area contributed by atoms with Gasteiger partial charge in [0.05, 0.1) is 19.3 Å². The van der Waals surface area contributed by atoms with E-state index >= 15 is 0 Å². The quantitative estimate of drug-likeness (QED) is 0.593. The van der Waals surface area contributed by atoms with Crippen LogP contribution < -0.4 is 15.4 Å². The maximum Gasteiger partial charge on any atom is 0.191 e. The molecule has 0 fully saturated rings. The molecule has 130 valence electrons. The summed E-state index contributed by atoms with van der Waals surface area (Å²) in [6, 6.07) is 7.64. The molecule has 1 heterocycles. The van der Waals surface area contributed by atoms with Crippen LogP contribution in [0, 0.1) is 0 Å². The number of nitrogens with zero attached hydrogens (tertiary/aromatic N) is 2. The molecule has 0 radical (unpaired) electrons. The minimum Gasteiger partial charge on any atom is -0.497 e. The molecule has 0 atom stereocenters. The average molecular weight is 351 g/mol. The van der Waals surface area contributed by atoms with Gasteiger partial charge in [-0.15, -0.1) is 0 Å². The lowest BCUT2D eigenvalue weighted by Crippen LogP contribution is -2.37. The molecule has 0 aliphatic carbocycles. The lowest BCUT2D eigenvalue weighted by atomic mass is 10.1. The molecule has 7 heteroatoms. The average Bonchev–Trinajstić information content (AvgIpc) is 3.07. The summed E-state index contributed by atoms with van der Waals surface area (Å²) in [7, 11) is 3.36. The molecule has 0 bridgehead atoms. The molecule has 24 heavy (non-hydrogen) atoms. The van der Waals surface area contributed by atoms with Crippen LogP contribution in [0.25, 0.3) is 0 Å². The van der Waals surface area contributed by atoms with Gasteiger partial charge in [0.1, 0.15) is 5.75 Å². The van der Waals surface area contributed by atoms with Crippen molar-refractivity contribution in [1.82, 2.24) is 15.8 Å². The summed E-state index contributed by atoms with van der Waals surface area (Å²) in [6.07, 6.45) is 1.64. The molecular weight excluding hydrogens is 328 g/mol. The Balaban J connectivity index is 1.79. The van der Waals surface area contributed by atoms with Crippen LogP contribution in [0.2, 0.25) is 5.02 Å². The van der Waals surface area contributed by atoms with E-state index in [4.69, 9.17) is 20.9 Å². The van der Waals surface area contributed by atoms with E-state index in [1.165, 1.54) is 0 Å². The number of halogens is 1. The van der Waals surface area contributed by atoms with Gasteiger partial charge in [0, 0.05) is 24.7 Å². The van der Waals surface area contributed by atoms with Crippen molar-refractivity contribution in [1.29, 1.82) is 0 Å². The molecule has 0 saturated carbocycles. The first-order chi connectivity index (χ1) is 11.7. The zero-order valence-corrected chi connectivity index (χ0v) is 15.0. The zero-order valence-electron chi connectivity index (χ0n) is 14.2. The fourth-order valence-corrected chi connectivity index (χ4v) is 2.44. The monoisotopic (exact) mass is 350 g/mol. The molecule has 0 aliphatic rings. The van der Waals surface area contributed by atoms with E-state index in [1.54, 1.807) is 14.2 Å². The molecule has 0 saturated heterocycles. The number of guanidine groups is 1. The van der Waals surface area contributed by atoms with E-state index in [1.807, 2.05) is 31.2 Å². The Morgan fingerprint density at radius 3 is 2.79 bits per heavy atom. The molecule has 0 amide bonds. The Morgan fingerprint density at radius 2 is 2.17 bits per heavy atom. The van der Waals surface area contributed by atoms with Crippen molar-refractivity contribution in [3.05, 3.63) is 46.3 Å². The number of nitrogens with one attached hydrogen (secondary N) is 2. The SMILES string of the molecule is CCc1cc(CNC(=NC)NCCc2ccc(OC)cc2Cl)on1. The third-order valence-electron chi connectivity index (χ3n) is 3.57. The zero-order chi connectivity index (χ0) is 17.4. The maximum atomic E-state index is 6.24. The predicted molar refractivity (Wildman–Crippen MR) is 95.8 cm³/mol. The lowest BCUT2D eigenvalue weighted by Gasteiger charge is -2.11. The minimum absolute atomic E-state index is 0.538. The number of aromatic nitrogens is 1. The van der Waals surface area contributed by atoms with Crippen molar-refractivity contribution in [2.24, 2.45) is 4.99 Å². The summed E-state index contributed by atoms with van der Waals surface area (Å²) in [5.74, 6) is 2.25. The first kappa shape index (κ1) is 18.1. The normalized spacial score (nSPS) is 11.4. The van der Waals surface area contributed by atoms with Crippen LogP contribution in [0.1, 0.15) is 23.9 Å². The first-order valence-electron chi connectivity index (χ1n) is 7.87. The number of benzene rings is 1. The van der Waals surface area contributed by atoms with Gasteiger partial charge in [-0.1, -0.05) is 29.7 Å². The van der Waals surface area contributed by atoms with Crippen molar-refractivity contribution in [2.45, 2.75) is 26.3 Å². The number of rotatable bonds is 7. The topological polar surface area (TPSA) is 71.7 Å². The smallest absolute Gasteiger partial charge is 0.191 e. The fraction of sp³-hybridized carbons (Fsp3) is 0.412. The van der Waals surface area contributed by atoms with Gasteiger partial charge in [0.2, 0.25) is 0 Å². The second-order valence-electron chi connectivity index (χ2n) is 5.20. The van der Waals surface area contributed by atoms with Gasteiger partial charge in [-0.05, 0) is 30.5 Å². The molecule has 1 aromatic carbocycles. The van der Waals surface area contributed by atoms with E-state index in [9.17, 15) is 0 Å². The molecule has 1 aromatic heterocycles. The summed E-state index contributed by atoms with van der Waals surface area (Å²) in [5, 5.41) is 11.1. The number of ether oxygens (including phenoxy) is 1. The summed E-state index contributed by atoms with van der Waals surface area (Å²) in [6.45, 7) is 3.29. The highest BCUT2D eigenvalue weighted by Crippen LogP contribution is 2.22. The summed E-state index contributed by atoms with van der Waals surface area (Å²) >= 11 is 6.24. The Kier molecular flexibility index (Phi) is 6.93. The highest BCUT2D eigenvalue weighted by atomic mass is 35.5. The molecule has 0 aliphatic heterocycles. The third kappa shape index (κ3) is 5.16.